The largest absolute Gasteiger partial charge is 0.368 e. The van der Waals surface area contributed by atoms with Gasteiger partial charge in [0.25, 0.3) is 0 Å². The third-order valence-electron chi connectivity index (χ3n) is 3.11. The Labute approximate surface area is 90.5 Å². The van der Waals surface area contributed by atoms with E-state index in [1.807, 2.05) is 6.92 Å². The number of aromatic nitrogens is 2. The van der Waals surface area contributed by atoms with E-state index in [0.29, 0.717) is 5.95 Å². The predicted octanol–water partition coefficient (Wildman–Crippen LogP) is 1.46. The number of nitrogen functional groups attached to an aromatic ring is 1. The molecule has 0 saturated heterocycles. The molecule has 1 aromatic rings. The van der Waals surface area contributed by atoms with Crippen molar-refractivity contribution >= 4 is 11.8 Å². The SMILES string of the molecule is Cc1cnc(N)nc1N(C)CC1CC1C. The molecule has 1 aliphatic rings. The molecule has 15 heavy (non-hydrogen) atoms. The van der Waals surface area contributed by atoms with Gasteiger partial charge in [-0.1, -0.05) is 6.92 Å². The Balaban J connectivity index is 2.10. The predicted molar refractivity (Wildman–Crippen MR) is 61.7 cm³/mol. The highest BCUT2D eigenvalue weighted by molar-refractivity contribution is 5.47. The molecule has 2 rings (SSSR count). The Morgan fingerprint density at radius 1 is 1.60 bits per heavy atom. The molecule has 1 saturated carbocycles. The van der Waals surface area contributed by atoms with Crippen LogP contribution < -0.4 is 10.6 Å². The number of aryl methyl sites for hydroxylation is 1. The topological polar surface area (TPSA) is 55.0 Å². The van der Waals surface area contributed by atoms with Crippen molar-refractivity contribution in [2.75, 3.05) is 24.2 Å². The number of hydrogen-bond acceptors (Lipinski definition) is 4. The van der Waals surface area contributed by atoms with Crippen molar-refractivity contribution in [2.45, 2.75) is 20.3 Å². The van der Waals surface area contributed by atoms with E-state index in [9.17, 15) is 0 Å². The van der Waals surface area contributed by atoms with Gasteiger partial charge in [0.05, 0.1) is 0 Å². The number of anilines is 2. The van der Waals surface area contributed by atoms with Gasteiger partial charge in [0.1, 0.15) is 5.82 Å². The Morgan fingerprint density at radius 2 is 2.27 bits per heavy atom. The van der Waals surface area contributed by atoms with Crippen LogP contribution in [0.15, 0.2) is 6.20 Å². The van der Waals surface area contributed by atoms with Crippen molar-refractivity contribution in [1.29, 1.82) is 0 Å². The number of nitrogens with two attached hydrogens (primary N) is 1. The van der Waals surface area contributed by atoms with Gasteiger partial charge in [0.15, 0.2) is 0 Å². The van der Waals surface area contributed by atoms with Crippen LogP contribution in [0.5, 0.6) is 0 Å². The second-order valence-corrected chi connectivity index (χ2v) is 4.59. The van der Waals surface area contributed by atoms with E-state index in [-0.39, 0.29) is 0 Å². The fourth-order valence-corrected chi connectivity index (χ4v) is 1.92. The van der Waals surface area contributed by atoms with Crippen molar-refractivity contribution in [3.05, 3.63) is 11.8 Å². The van der Waals surface area contributed by atoms with Crippen molar-refractivity contribution in [3.63, 3.8) is 0 Å². The molecule has 1 aliphatic carbocycles. The van der Waals surface area contributed by atoms with E-state index in [1.54, 1.807) is 6.20 Å². The lowest BCUT2D eigenvalue weighted by atomic mass is 10.3. The Kier molecular flexibility index (Phi) is 2.50. The van der Waals surface area contributed by atoms with E-state index >= 15 is 0 Å². The molecular weight excluding hydrogens is 188 g/mol. The van der Waals surface area contributed by atoms with Gasteiger partial charge in [0.2, 0.25) is 5.95 Å². The molecule has 0 aromatic carbocycles. The van der Waals surface area contributed by atoms with Crippen LogP contribution in [0.25, 0.3) is 0 Å². The summed E-state index contributed by atoms with van der Waals surface area (Å²) in [6.45, 7) is 5.37. The number of nitrogens with zero attached hydrogens (tertiary/aromatic N) is 3. The van der Waals surface area contributed by atoms with Crippen LogP contribution in [0.4, 0.5) is 11.8 Å². The van der Waals surface area contributed by atoms with Crippen LogP contribution in [-0.2, 0) is 0 Å². The van der Waals surface area contributed by atoms with Gasteiger partial charge in [-0.3, -0.25) is 0 Å². The van der Waals surface area contributed by atoms with Crippen LogP contribution in [-0.4, -0.2) is 23.6 Å². The van der Waals surface area contributed by atoms with Gasteiger partial charge in [0, 0.05) is 25.4 Å². The first-order valence-corrected chi connectivity index (χ1v) is 5.38. The molecule has 0 amide bonds. The smallest absolute Gasteiger partial charge is 0.221 e. The van der Waals surface area contributed by atoms with Gasteiger partial charge in [-0.2, -0.15) is 4.98 Å². The third-order valence-corrected chi connectivity index (χ3v) is 3.11. The highest BCUT2D eigenvalue weighted by Gasteiger charge is 2.33. The summed E-state index contributed by atoms with van der Waals surface area (Å²) >= 11 is 0. The monoisotopic (exact) mass is 206 g/mol. The fraction of sp³-hybridized carbons (Fsp3) is 0.636. The van der Waals surface area contributed by atoms with Crippen LogP contribution in [0.3, 0.4) is 0 Å². The van der Waals surface area contributed by atoms with Gasteiger partial charge in [-0.15, -0.1) is 0 Å². The maximum Gasteiger partial charge on any atom is 0.221 e. The molecule has 0 bridgehead atoms. The molecule has 2 N–H and O–H groups in total. The summed E-state index contributed by atoms with van der Waals surface area (Å²) in [6.07, 6.45) is 3.12. The number of rotatable bonds is 3. The lowest BCUT2D eigenvalue weighted by Gasteiger charge is -2.19. The number of hydrogen-bond donors (Lipinski definition) is 1. The third kappa shape index (κ3) is 2.19. The molecule has 1 fully saturated rings. The molecule has 0 radical (unpaired) electrons. The highest BCUT2D eigenvalue weighted by atomic mass is 15.2. The lowest BCUT2D eigenvalue weighted by molar-refractivity contribution is 0.717. The van der Waals surface area contributed by atoms with Gasteiger partial charge >= 0.3 is 0 Å². The normalized spacial score (nSPS) is 23.9. The van der Waals surface area contributed by atoms with Crippen LogP contribution in [0, 0.1) is 18.8 Å². The van der Waals surface area contributed by atoms with Crippen molar-refractivity contribution in [2.24, 2.45) is 11.8 Å². The summed E-state index contributed by atoms with van der Waals surface area (Å²) in [4.78, 5) is 10.4. The van der Waals surface area contributed by atoms with Gasteiger partial charge < -0.3 is 10.6 Å². The zero-order valence-electron chi connectivity index (χ0n) is 9.57. The summed E-state index contributed by atoms with van der Waals surface area (Å²) in [5.41, 5.74) is 6.67. The van der Waals surface area contributed by atoms with E-state index in [1.165, 1.54) is 6.42 Å². The first kappa shape index (κ1) is 10.2. The van der Waals surface area contributed by atoms with E-state index in [2.05, 4.69) is 28.8 Å². The van der Waals surface area contributed by atoms with E-state index in [4.69, 9.17) is 5.73 Å². The molecule has 82 valence electrons. The molecular formula is C11H18N4. The molecule has 1 aromatic heterocycles. The highest BCUT2D eigenvalue weighted by Crippen LogP contribution is 2.38. The molecule has 0 aliphatic heterocycles. The first-order valence-electron chi connectivity index (χ1n) is 5.38. The van der Waals surface area contributed by atoms with Crippen molar-refractivity contribution in [1.82, 2.24) is 9.97 Å². The molecule has 2 unspecified atom stereocenters. The maximum atomic E-state index is 5.59. The second kappa shape index (κ2) is 3.68. The average molecular weight is 206 g/mol. The van der Waals surface area contributed by atoms with Gasteiger partial charge in [-0.25, -0.2) is 4.98 Å². The Bertz CT molecular complexity index is 364. The fourth-order valence-electron chi connectivity index (χ4n) is 1.92. The average Bonchev–Trinajstić information content (AvgIpc) is 2.86. The Morgan fingerprint density at radius 3 is 2.87 bits per heavy atom. The molecule has 4 heteroatoms. The minimum Gasteiger partial charge on any atom is -0.368 e. The quantitative estimate of drug-likeness (QED) is 0.813. The zero-order valence-corrected chi connectivity index (χ0v) is 9.57. The van der Waals surface area contributed by atoms with E-state index in [0.717, 1.165) is 29.8 Å². The molecule has 2 atom stereocenters. The van der Waals surface area contributed by atoms with Crippen LogP contribution in [0.1, 0.15) is 18.9 Å². The van der Waals surface area contributed by atoms with Gasteiger partial charge in [-0.05, 0) is 25.2 Å². The minimum atomic E-state index is 0.353. The minimum absolute atomic E-state index is 0.353. The summed E-state index contributed by atoms with van der Waals surface area (Å²) in [5.74, 6) is 3.01. The summed E-state index contributed by atoms with van der Waals surface area (Å²) in [5, 5.41) is 0. The van der Waals surface area contributed by atoms with Crippen molar-refractivity contribution < 1.29 is 0 Å². The zero-order chi connectivity index (χ0) is 11.0. The molecule has 4 nitrogen and oxygen atoms in total. The Hall–Kier alpha value is -1.32. The first-order chi connectivity index (χ1) is 7.08. The molecule has 1 heterocycles. The standard InChI is InChI=1S/C11H18N4/c1-7-4-9(7)6-15(3)10-8(2)5-13-11(12)14-10/h5,7,9H,4,6H2,1-3H3,(H2,12,13,14). The lowest BCUT2D eigenvalue weighted by Crippen LogP contribution is -2.23. The maximum absolute atomic E-state index is 5.59. The molecule has 0 spiro atoms. The second-order valence-electron chi connectivity index (χ2n) is 4.59. The van der Waals surface area contributed by atoms with Crippen LogP contribution in [0.2, 0.25) is 0 Å². The summed E-state index contributed by atoms with van der Waals surface area (Å²) in [6, 6.07) is 0. The summed E-state index contributed by atoms with van der Waals surface area (Å²) in [7, 11) is 2.07. The van der Waals surface area contributed by atoms with Crippen molar-refractivity contribution in [3.8, 4) is 0 Å². The summed E-state index contributed by atoms with van der Waals surface area (Å²) < 4.78 is 0. The van der Waals surface area contributed by atoms with Crippen LogP contribution >= 0.6 is 0 Å². The van der Waals surface area contributed by atoms with E-state index < -0.39 is 0 Å².